The Kier molecular flexibility index (Phi) is 8.75. The van der Waals surface area contributed by atoms with E-state index in [0.29, 0.717) is 11.9 Å². The molecule has 1 aliphatic carbocycles. The molecule has 0 saturated heterocycles. The van der Waals surface area contributed by atoms with Crippen LogP contribution in [0.15, 0.2) is 90.3 Å². The van der Waals surface area contributed by atoms with Crippen LogP contribution in [-0.4, -0.2) is 39.2 Å². The number of nitrogens with zero attached hydrogens (tertiary/aromatic N) is 4. The van der Waals surface area contributed by atoms with Gasteiger partial charge in [0.2, 0.25) is 5.95 Å². The van der Waals surface area contributed by atoms with Crippen molar-refractivity contribution in [1.29, 1.82) is 0 Å². The first kappa shape index (κ1) is 26.6. The van der Waals surface area contributed by atoms with Crippen molar-refractivity contribution >= 4 is 45.4 Å². The van der Waals surface area contributed by atoms with E-state index >= 15 is 0 Å². The SMILES string of the molecule is c1ccc2c(SNCC3CCC(CNc4nc(NCCCn5ccnc5)c5ccccc5n4)CC3)cccc2c1. The second-order valence-corrected chi connectivity index (χ2v) is 11.6. The summed E-state index contributed by atoms with van der Waals surface area (Å²) in [7, 11) is 0. The Balaban J connectivity index is 0.969. The van der Waals surface area contributed by atoms with Gasteiger partial charge < -0.3 is 15.2 Å². The Bertz CT molecular complexity index is 1510. The summed E-state index contributed by atoms with van der Waals surface area (Å²) in [5.41, 5.74) is 0.968. The van der Waals surface area contributed by atoms with E-state index in [9.17, 15) is 0 Å². The minimum absolute atomic E-state index is 0.656. The normalized spacial score (nSPS) is 17.3. The lowest BCUT2D eigenvalue weighted by atomic mass is 9.82. The Morgan fingerprint density at radius 3 is 2.42 bits per heavy atom. The first-order valence-corrected chi connectivity index (χ1v) is 15.2. The fraction of sp³-hybridized carbons (Fsp3) is 0.344. The van der Waals surface area contributed by atoms with Crippen LogP contribution in [0.5, 0.6) is 0 Å². The zero-order valence-electron chi connectivity index (χ0n) is 22.8. The summed E-state index contributed by atoms with van der Waals surface area (Å²) in [6.45, 7) is 3.75. The van der Waals surface area contributed by atoms with Crippen molar-refractivity contribution in [2.45, 2.75) is 43.5 Å². The molecule has 7 nitrogen and oxygen atoms in total. The highest BCUT2D eigenvalue weighted by atomic mass is 32.2. The van der Waals surface area contributed by atoms with E-state index in [4.69, 9.17) is 9.97 Å². The van der Waals surface area contributed by atoms with Crippen LogP contribution in [0.1, 0.15) is 32.1 Å². The summed E-state index contributed by atoms with van der Waals surface area (Å²) in [5.74, 6) is 3.00. The number of anilines is 2. The highest BCUT2D eigenvalue weighted by molar-refractivity contribution is 7.97. The lowest BCUT2D eigenvalue weighted by molar-refractivity contribution is 0.285. The van der Waals surface area contributed by atoms with Crippen molar-refractivity contribution in [3.05, 3.63) is 85.5 Å². The largest absolute Gasteiger partial charge is 0.369 e. The smallest absolute Gasteiger partial charge is 0.225 e. The van der Waals surface area contributed by atoms with E-state index in [1.807, 2.05) is 30.9 Å². The number of rotatable bonds is 12. The number of para-hydroxylation sites is 1. The van der Waals surface area contributed by atoms with Crippen LogP contribution in [0.25, 0.3) is 21.7 Å². The molecule has 0 atom stereocenters. The number of aromatic nitrogens is 4. The quantitative estimate of drug-likeness (QED) is 0.114. The lowest BCUT2D eigenvalue weighted by Crippen LogP contribution is -2.26. The Hall–Kier alpha value is -3.62. The number of fused-ring (bicyclic) bond motifs is 2. The van der Waals surface area contributed by atoms with E-state index < -0.39 is 0 Å². The molecule has 1 aliphatic rings. The van der Waals surface area contributed by atoms with Crippen molar-refractivity contribution in [3.63, 3.8) is 0 Å². The van der Waals surface area contributed by atoms with Gasteiger partial charge in [-0.25, -0.2) is 9.97 Å². The zero-order chi connectivity index (χ0) is 27.0. The molecule has 0 aliphatic heterocycles. The number of imidazole rings is 1. The van der Waals surface area contributed by atoms with Crippen molar-refractivity contribution in [2.24, 2.45) is 11.8 Å². The van der Waals surface area contributed by atoms with E-state index in [1.165, 1.54) is 41.4 Å². The molecular weight excluding hydrogens is 514 g/mol. The van der Waals surface area contributed by atoms with E-state index in [1.54, 1.807) is 11.9 Å². The minimum atomic E-state index is 0.656. The summed E-state index contributed by atoms with van der Waals surface area (Å²) in [4.78, 5) is 15.1. The van der Waals surface area contributed by atoms with Crippen LogP contribution in [0, 0.1) is 11.8 Å². The van der Waals surface area contributed by atoms with Gasteiger partial charge in [0.15, 0.2) is 0 Å². The number of aryl methyl sites for hydroxylation is 1. The van der Waals surface area contributed by atoms with Gasteiger partial charge >= 0.3 is 0 Å². The van der Waals surface area contributed by atoms with Gasteiger partial charge in [0.25, 0.3) is 0 Å². The monoisotopic (exact) mass is 551 g/mol. The third-order valence-electron chi connectivity index (χ3n) is 7.87. The average Bonchev–Trinajstić information content (AvgIpc) is 3.53. The molecule has 0 spiro atoms. The molecule has 206 valence electrons. The van der Waals surface area contributed by atoms with Crippen molar-refractivity contribution in [3.8, 4) is 0 Å². The maximum absolute atomic E-state index is 4.86. The van der Waals surface area contributed by atoms with Crippen LogP contribution in [0.3, 0.4) is 0 Å². The van der Waals surface area contributed by atoms with Gasteiger partial charge in [-0.3, -0.25) is 4.72 Å². The molecule has 0 unspecified atom stereocenters. The lowest BCUT2D eigenvalue weighted by Gasteiger charge is -2.28. The molecule has 6 rings (SSSR count). The fourth-order valence-corrected chi connectivity index (χ4v) is 6.49. The predicted octanol–water partition coefficient (Wildman–Crippen LogP) is 7.00. The highest BCUT2D eigenvalue weighted by Crippen LogP contribution is 2.31. The van der Waals surface area contributed by atoms with Crippen molar-refractivity contribution in [2.75, 3.05) is 30.3 Å². The standard InChI is InChI=1S/C32H37N7S/c1-2-9-27-26(7-1)8-5-12-30(27)40-36-22-25-15-13-24(14-16-25)21-35-32-37-29-11-4-3-10-28(29)31(38-32)34-17-6-19-39-20-18-33-23-39/h1-5,7-12,18,20,23-25,36H,6,13-17,19,21-22H2,(H2,34,35,37,38). The van der Waals surface area contributed by atoms with Gasteiger partial charge in [0.05, 0.1) is 11.8 Å². The highest BCUT2D eigenvalue weighted by Gasteiger charge is 2.21. The summed E-state index contributed by atoms with van der Waals surface area (Å²) >= 11 is 1.77. The summed E-state index contributed by atoms with van der Waals surface area (Å²) in [6, 6.07) is 23.4. The number of hydrogen-bond donors (Lipinski definition) is 3. The number of benzene rings is 3. The first-order chi connectivity index (χ1) is 19.8. The van der Waals surface area contributed by atoms with Gasteiger partial charge in [0, 0.05) is 48.9 Å². The molecule has 3 aromatic carbocycles. The molecule has 3 N–H and O–H groups in total. The fourth-order valence-electron chi connectivity index (χ4n) is 5.58. The van der Waals surface area contributed by atoms with E-state index in [2.05, 4.69) is 79.5 Å². The van der Waals surface area contributed by atoms with Crippen LogP contribution in [-0.2, 0) is 6.54 Å². The first-order valence-electron chi connectivity index (χ1n) is 14.4. The van der Waals surface area contributed by atoms with E-state index in [-0.39, 0.29) is 0 Å². The molecule has 2 aromatic heterocycles. The topological polar surface area (TPSA) is 79.7 Å². The molecule has 40 heavy (non-hydrogen) atoms. The van der Waals surface area contributed by atoms with Crippen molar-refractivity contribution in [1.82, 2.24) is 24.2 Å². The summed E-state index contributed by atoms with van der Waals surface area (Å²) < 4.78 is 5.76. The van der Waals surface area contributed by atoms with Crippen LogP contribution in [0.4, 0.5) is 11.8 Å². The molecular formula is C32H37N7S. The molecule has 0 bridgehead atoms. The van der Waals surface area contributed by atoms with Crippen molar-refractivity contribution < 1.29 is 0 Å². The maximum Gasteiger partial charge on any atom is 0.225 e. The predicted molar refractivity (Wildman–Crippen MR) is 167 cm³/mol. The molecule has 2 heterocycles. The molecule has 1 fully saturated rings. The Labute approximate surface area is 240 Å². The summed E-state index contributed by atoms with van der Waals surface area (Å²) in [6.07, 6.45) is 11.7. The molecule has 5 aromatic rings. The Morgan fingerprint density at radius 1 is 0.800 bits per heavy atom. The minimum Gasteiger partial charge on any atom is -0.369 e. The van der Waals surface area contributed by atoms with Crippen LogP contribution < -0.4 is 15.4 Å². The maximum atomic E-state index is 4.86. The average molecular weight is 552 g/mol. The third kappa shape index (κ3) is 6.74. The second-order valence-electron chi connectivity index (χ2n) is 10.7. The van der Waals surface area contributed by atoms with Gasteiger partial charge in [-0.1, -0.05) is 48.5 Å². The zero-order valence-corrected chi connectivity index (χ0v) is 23.6. The van der Waals surface area contributed by atoms with Gasteiger partial charge in [-0.05, 0) is 84.9 Å². The number of hydrogen-bond acceptors (Lipinski definition) is 7. The second kappa shape index (κ2) is 13.2. The third-order valence-corrected chi connectivity index (χ3v) is 8.75. The molecule has 1 saturated carbocycles. The van der Waals surface area contributed by atoms with Gasteiger partial charge in [-0.15, -0.1) is 0 Å². The van der Waals surface area contributed by atoms with Gasteiger partial charge in [0.1, 0.15) is 5.82 Å². The van der Waals surface area contributed by atoms with Gasteiger partial charge in [-0.2, -0.15) is 4.98 Å². The van der Waals surface area contributed by atoms with Crippen LogP contribution >= 0.6 is 11.9 Å². The molecule has 0 radical (unpaired) electrons. The molecule has 8 heteroatoms. The summed E-state index contributed by atoms with van der Waals surface area (Å²) in [5, 5.41) is 10.8. The van der Waals surface area contributed by atoms with E-state index in [0.717, 1.165) is 55.2 Å². The Morgan fingerprint density at radius 2 is 1.57 bits per heavy atom. The molecule has 0 amide bonds. The number of nitrogens with one attached hydrogen (secondary N) is 3. The van der Waals surface area contributed by atoms with Crippen LogP contribution in [0.2, 0.25) is 0 Å².